The molecular weight excluding hydrogens is 260 g/mol. The first kappa shape index (κ1) is 14.0. The third kappa shape index (κ3) is 3.11. The van der Waals surface area contributed by atoms with Gasteiger partial charge in [-0.25, -0.2) is 4.98 Å². The second-order valence-corrected chi connectivity index (χ2v) is 4.16. The average molecular weight is 278 g/mol. The molecule has 0 saturated carbocycles. The fourth-order valence-corrected chi connectivity index (χ4v) is 1.88. The first-order chi connectivity index (χ1) is 9.78. The van der Waals surface area contributed by atoms with Gasteiger partial charge in [0.05, 0.1) is 25.3 Å². The summed E-state index contributed by atoms with van der Waals surface area (Å²) in [5.41, 5.74) is 1.67. The summed E-state index contributed by atoms with van der Waals surface area (Å²) in [6.07, 6.45) is 1.52. The van der Waals surface area contributed by atoms with Gasteiger partial charge in [0, 0.05) is 25.2 Å². The normalized spacial score (nSPS) is 10.3. The molecule has 0 fully saturated rings. The van der Waals surface area contributed by atoms with Gasteiger partial charge in [-0.05, 0) is 6.42 Å². The lowest BCUT2D eigenvalue weighted by Gasteiger charge is -2.06. The van der Waals surface area contributed by atoms with E-state index in [2.05, 4.69) is 20.6 Å². The lowest BCUT2D eigenvalue weighted by Crippen LogP contribution is -2.16. The highest BCUT2D eigenvalue weighted by molar-refractivity contribution is 5.81. The number of fused-ring (bicyclic) bond motifs is 1. The number of amides is 1. The summed E-state index contributed by atoms with van der Waals surface area (Å²) in [4.78, 5) is 17.7. The van der Waals surface area contributed by atoms with Crippen LogP contribution in [0.3, 0.4) is 0 Å². The Hall–Kier alpha value is -2.44. The minimum absolute atomic E-state index is 0.637. The first-order valence-corrected chi connectivity index (χ1v) is 6.31. The van der Waals surface area contributed by atoms with Crippen LogP contribution in [-0.4, -0.2) is 43.7 Å². The van der Waals surface area contributed by atoms with E-state index in [1.807, 2.05) is 12.1 Å². The largest absolute Gasteiger partial charge is 0.493 e. The van der Waals surface area contributed by atoms with Gasteiger partial charge in [-0.2, -0.15) is 0 Å². The number of aromatic nitrogens is 2. The van der Waals surface area contributed by atoms with Gasteiger partial charge in [0.1, 0.15) is 0 Å². The van der Waals surface area contributed by atoms with Crippen LogP contribution in [0.25, 0.3) is 11.0 Å². The van der Waals surface area contributed by atoms with Crippen LogP contribution in [0.15, 0.2) is 12.1 Å². The second kappa shape index (κ2) is 6.65. The molecule has 0 aliphatic rings. The first-order valence-electron chi connectivity index (χ1n) is 6.31. The number of ether oxygens (including phenoxy) is 2. The topological polar surface area (TPSA) is 88.3 Å². The minimum atomic E-state index is 0.637. The van der Waals surface area contributed by atoms with Crippen molar-refractivity contribution in [1.82, 2.24) is 15.3 Å². The van der Waals surface area contributed by atoms with E-state index in [4.69, 9.17) is 9.47 Å². The lowest BCUT2D eigenvalue weighted by atomic mass is 10.3. The van der Waals surface area contributed by atoms with Crippen LogP contribution < -0.4 is 20.1 Å². The van der Waals surface area contributed by atoms with Gasteiger partial charge in [0.15, 0.2) is 11.5 Å². The second-order valence-electron chi connectivity index (χ2n) is 4.16. The maximum atomic E-state index is 10.1. The Morgan fingerprint density at radius 1 is 1.25 bits per heavy atom. The molecule has 1 heterocycles. The molecule has 0 unspecified atom stereocenters. The van der Waals surface area contributed by atoms with Gasteiger partial charge < -0.3 is 25.1 Å². The van der Waals surface area contributed by atoms with Crippen molar-refractivity contribution in [1.29, 1.82) is 0 Å². The van der Waals surface area contributed by atoms with Crippen molar-refractivity contribution in [2.24, 2.45) is 0 Å². The molecule has 7 nitrogen and oxygen atoms in total. The van der Waals surface area contributed by atoms with Crippen molar-refractivity contribution in [3.63, 3.8) is 0 Å². The number of anilines is 1. The molecule has 0 atom stereocenters. The summed E-state index contributed by atoms with van der Waals surface area (Å²) in [7, 11) is 3.19. The maximum Gasteiger partial charge on any atom is 0.207 e. The van der Waals surface area contributed by atoms with Gasteiger partial charge in [-0.1, -0.05) is 0 Å². The molecule has 1 aromatic carbocycles. The Morgan fingerprint density at radius 2 is 2.00 bits per heavy atom. The van der Waals surface area contributed by atoms with Gasteiger partial charge in [0.25, 0.3) is 0 Å². The molecular formula is C13H18N4O3. The number of H-pyrrole nitrogens is 1. The zero-order valence-corrected chi connectivity index (χ0v) is 11.5. The summed E-state index contributed by atoms with van der Waals surface area (Å²) in [6, 6.07) is 3.67. The molecule has 2 aromatic rings. The maximum absolute atomic E-state index is 10.1. The number of aromatic amines is 1. The predicted octanol–water partition coefficient (Wildman–Crippen LogP) is 1.13. The monoisotopic (exact) mass is 278 g/mol. The van der Waals surface area contributed by atoms with E-state index < -0.39 is 0 Å². The quantitative estimate of drug-likeness (QED) is 0.497. The number of imidazole rings is 1. The van der Waals surface area contributed by atoms with E-state index in [9.17, 15) is 4.79 Å². The molecule has 3 N–H and O–H groups in total. The van der Waals surface area contributed by atoms with Crippen molar-refractivity contribution in [3.8, 4) is 11.5 Å². The highest BCUT2D eigenvalue weighted by atomic mass is 16.5. The number of hydrogen-bond acceptors (Lipinski definition) is 5. The van der Waals surface area contributed by atoms with Crippen LogP contribution >= 0.6 is 0 Å². The van der Waals surface area contributed by atoms with Crippen molar-refractivity contribution in [2.75, 3.05) is 32.6 Å². The number of carbonyl (C=O) groups is 1. The highest BCUT2D eigenvalue weighted by Gasteiger charge is 2.09. The van der Waals surface area contributed by atoms with Crippen molar-refractivity contribution in [3.05, 3.63) is 12.1 Å². The molecule has 0 spiro atoms. The number of methoxy groups -OCH3 is 2. The minimum Gasteiger partial charge on any atom is -0.493 e. The van der Waals surface area contributed by atoms with Crippen molar-refractivity contribution >= 4 is 23.4 Å². The zero-order valence-electron chi connectivity index (χ0n) is 11.5. The van der Waals surface area contributed by atoms with Crippen LogP contribution in [0.1, 0.15) is 6.42 Å². The number of rotatable bonds is 8. The predicted molar refractivity (Wildman–Crippen MR) is 76.4 cm³/mol. The fraction of sp³-hybridized carbons (Fsp3) is 0.385. The van der Waals surface area contributed by atoms with Gasteiger partial charge >= 0.3 is 0 Å². The summed E-state index contributed by atoms with van der Waals surface area (Å²) in [5.74, 6) is 1.99. The van der Waals surface area contributed by atoms with Crippen LogP contribution in [0, 0.1) is 0 Å². The van der Waals surface area contributed by atoms with Crippen molar-refractivity contribution in [2.45, 2.75) is 6.42 Å². The Labute approximate surface area is 116 Å². The van der Waals surface area contributed by atoms with Gasteiger partial charge in [-0.3, -0.25) is 4.79 Å². The van der Waals surface area contributed by atoms with Crippen LogP contribution in [0.5, 0.6) is 11.5 Å². The average Bonchev–Trinajstić information content (AvgIpc) is 2.87. The van der Waals surface area contributed by atoms with E-state index in [1.54, 1.807) is 14.2 Å². The third-order valence-electron chi connectivity index (χ3n) is 2.86. The Balaban J connectivity index is 2.06. The number of carbonyl (C=O) groups excluding carboxylic acids is 1. The Bertz CT molecular complexity index is 541. The molecule has 0 radical (unpaired) electrons. The van der Waals surface area contributed by atoms with Crippen molar-refractivity contribution < 1.29 is 14.3 Å². The van der Waals surface area contributed by atoms with Crippen LogP contribution in [-0.2, 0) is 4.79 Å². The van der Waals surface area contributed by atoms with Crippen LogP contribution in [0.4, 0.5) is 5.95 Å². The van der Waals surface area contributed by atoms with E-state index in [0.29, 0.717) is 30.4 Å². The van der Waals surface area contributed by atoms with Gasteiger partial charge in [0.2, 0.25) is 12.4 Å². The van der Waals surface area contributed by atoms with Gasteiger partial charge in [-0.15, -0.1) is 0 Å². The third-order valence-corrected chi connectivity index (χ3v) is 2.86. The van der Waals surface area contributed by atoms with E-state index >= 15 is 0 Å². The fourth-order valence-electron chi connectivity index (χ4n) is 1.88. The zero-order chi connectivity index (χ0) is 14.4. The van der Waals surface area contributed by atoms with E-state index in [-0.39, 0.29) is 0 Å². The Kier molecular flexibility index (Phi) is 4.65. The van der Waals surface area contributed by atoms with E-state index in [1.165, 1.54) is 0 Å². The SMILES string of the molecule is COc1cc2nc(NCCCNC=O)[nH]c2cc1OC. The molecule has 1 aromatic heterocycles. The smallest absolute Gasteiger partial charge is 0.207 e. The standard InChI is InChI=1S/C13H18N4O3/c1-19-11-6-9-10(7-12(11)20-2)17-13(16-9)15-5-3-4-14-8-18/h6-8H,3-5H2,1-2H3,(H,14,18)(H2,15,16,17). The number of nitrogens with zero attached hydrogens (tertiary/aromatic N) is 1. The molecule has 0 bridgehead atoms. The molecule has 0 aliphatic heterocycles. The highest BCUT2D eigenvalue weighted by Crippen LogP contribution is 2.31. The Morgan fingerprint density at radius 3 is 2.70 bits per heavy atom. The lowest BCUT2D eigenvalue weighted by molar-refractivity contribution is -0.109. The summed E-state index contributed by atoms with van der Waals surface area (Å²) in [6.45, 7) is 1.35. The molecule has 20 heavy (non-hydrogen) atoms. The summed E-state index contributed by atoms with van der Waals surface area (Å²) in [5, 5.41) is 5.77. The summed E-state index contributed by atoms with van der Waals surface area (Å²) < 4.78 is 10.5. The van der Waals surface area contributed by atoms with Crippen LogP contribution in [0.2, 0.25) is 0 Å². The number of hydrogen-bond donors (Lipinski definition) is 3. The van der Waals surface area contributed by atoms with E-state index in [0.717, 1.165) is 24.0 Å². The molecule has 0 aliphatic carbocycles. The molecule has 1 amide bonds. The summed E-state index contributed by atoms with van der Waals surface area (Å²) >= 11 is 0. The molecule has 2 rings (SSSR count). The number of benzene rings is 1. The molecule has 0 saturated heterocycles. The number of nitrogens with one attached hydrogen (secondary N) is 3. The molecule has 7 heteroatoms. The molecule has 108 valence electrons.